The van der Waals surface area contributed by atoms with Crippen molar-refractivity contribution in [1.29, 1.82) is 0 Å². The van der Waals surface area contributed by atoms with E-state index in [1.165, 1.54) is 0 Å². The number of aliphatic hydroxyl groups excluding tert-OH is 1. The van der Waals surface area contributed by atoms with Gasteiger partial charge in [0.25, 0.3) is 0 Å². The summed E-state index contributed by atoms with van der Waals surface area (Å²) < 4.78 is 11.2. The molecular formula is C17H28N2O3. The first kappa shape index (κ1) is 16.0. The monoisotopic (exact) mass is 308 g/mol. The minimum absolute atomic E-state index is 0.000568. The number of ether oxygens (including phenoxy) is 1. The smallest absolute Gasteiger partial charge is 0.139 e. The maximum atomic E-state index is 10.2. The Bertz CT molecular complexity index is 490. The fraction of sp³-hybridized carbons (Fsp3) is 0.824. The molecule has 2 fully saturated rings. The van der Waals surface area contributed by atoms with Crippen LogP contribution >= 0.6 is 0 Å². The SMILES string of the molecule is CCO[C@H]1C[C@@H](O)C12CCN(Cc1cc(C(C)C)on1)CC2. The minimum atomic E-state index is -0.189. The second kappa shape index (κ2) is 6.30. The number of aliphatic hydroxyl groups is 1. The second-order valence-electron chi connectivity index (χ2n) is 7.08. The summed E-state index contributed by atoms with van der Waals surface area (Å²) in [7, 11) is 0. The highest BCUT2D eigenvalue weighted by Crippen LogP contribution is 2.51. The molecule has 3 rings (SSSR count). The highest BCUT2D eigenvalue weighted by Gasteiger charge is 2.55. The van der Waals surface area contributed by atoms with Gasteiger partial charge in [-0.2, -0.15) is 0 Å². The van der Waals surface area contributed by atoms with Crippen LogP contribution in [0.5, 0.6) is 0 Å². The number of likely N-dealkylation sites (tertiary alicyclic amines) is 1. The van der Waals surface area contributed by atoms with E-state index >= 15 is 0 Å². The molecule has 0 radical (unpaired) electrons. The number of aromatic nitrogens is 1. The number of piperidine rings is 1. The van der Waals surface area contributed by atoms with Gasteiger partial charge in [-0.15, -0.1) is 0 Å². The predicted octanol–water partition coefficient (Wildman–Crippen LogP) is 2.55. The summed E-state index contributed by atoms with van der Waals surface area (Å²) >= 11 is 0. The zero-order valence-electron chi connectivity index (χ0n) is 13.9. The molecule has 1 N–H and O–H groups in total. The average Bonchev–Trinajstić information content (AvgIpc) is 2.97. The molecule has 1 aliphatic carbocycles. The Hall–Kier alpha value is -0.910. The van der Waals surface area contributed by atoms with Crippen LogP contribution in [0.2, 0.25) is 0 Å². The van der Waals surface area contributed by atoms with E-state index in [0.29, 0.717) is 5.92 Å². The molecule has 5 nitrogen and oxygen atoms in total. The van der Waals surface area contributed by atoms with Crippen LogP contribution in [0.15, 0.2) is 10.6 Å². The summed E-state index contributed by atoms with van der Waals surface area (Å²) in [4.78, 5) is 2.40. The fourth-order valence-electron chi connectivity index (χ4n) is 3.85. The van der Waals surface area contributed by atoms with E-state index in [4.69, 9.17) is 9.26 Å². The first-order chi connectivity index (χ1) is 10.5. The molecule has 1 aromatic heterocycles. The molecule has 1 spiro atoms. The summed E-state index contributed by atoms with van der Waals surface area (Å²) in [5, 5.41) is 14.4. The molecule has 0 aromatic carbocycles. The molecule has 2 atom stereocenters. The maximum Gasteiger partial charge on any atom is 0.139 e. The Morgan fingerprint density at radius 1 is 1.45 bits per heavy atom. The van der Waals surface area contributed by atoms with Crippen molar-refractivity contribution in [2.45, 2.75) is 64.7 Å². The number of hydrogen-bond donors (Lipinski definition) is 1. The summed E-state index contributed by atoms with van der Waals surface area (Å²) in [5.41, 5.74) is 1.01. The van der Waals surface area contributed by atoms with E-state index in [-0.39, 0.29) is 17.6 Å². The highest BCUT2D eigenvalue weighted by molar-refractivity contribution is 5.10. The van der Waals surface area contributed by atoms with Crippen molar-refractivity contribution in [2.75, 3.05) is 19.7 Å². The first-order valence-electron chi connectivity index (χ1n) is 8.52. The van der Waals surface area contributed by atoms with Gasteiger partial charge in [-0.1, -0.05) is 19.0 Å². The van der Waals surface area contributed by atoms with Crippen molar-refractivity contribution in [2.24, 2.45) is 5.41 Å². The van der Waals surface area contributed by atoms with Crippen molar-refractivity contribution >= 4 is 0 Å². The van der Waals surface area contributed by atoms with Gasteiger partial charge in [0.05, 0.1) is 17.9 Å². The van der Waals surface area contributed by atoms with Crippen LogP contribution < -0.4 is 0 Å². The third-order valence-corrected chi connectivity index (χ3v) is 5.43. The molecule has 0 bridgehead atoms. The molecule has 5 heteroatoms. The van der Waals surface area contributed by atoms with Gasteiger partial charge in [0.2, 0.25) is 0 Å². The van der Waals surface area contributed by atoms with Gasteiger partial charge in [0, 0.05) is 37.0 Å². The van der Waals surface area contributed by atoms with Crippen molar-refractivity contribution in [3.63, 3.8) is 0 Å². The van der Waals surface area contributed by atoms with E-state index in [0.717, 1.165) is 57.0 Å². The van der Waals surface area contributed by atoms with Gasteiger partial charge in [-0.25, -0.2) is 0 Å². The minimum Gasteiger partial charge on any atom is -0.392 e. The van der Waals surface area contributed by atoms with Gasteiger partial charge in [-0.05, 0) is 32.9 Å². The van der Waals surface area contributed by atoms with E-state index in [1.54, 1.807) is 0 Å². The lowest BCUT2D eigenvalue weighted by Crippen LogP contribution is -2.62. The van der Waals surface area contributed by atoms with Gasteiger partial charge in [0.1, 0.15) is 5.76 Å². The summed E-state index contributed by atoms with van der Waals surface area (Å²) in [6, 6.07) is 2.07. The average molecular weight is 308 g/mol. The van der Waals surface area contributed by atoms with Crippen LogP contribution in [0.1, 0.15) is 57.4 Å². The van der Waals surface area contributed by atoms with Crippen molar-refractivity contribution in [1.82, 2.24) is 10.1 Å². The van der Waals surface area contributed by atoms with Crippen molar-refractivity contribution in [3.8, 4) is 0 Å². The molecule has 2 aliphatic rings. The third-order valence-electron chi connectivity index (χ3n) is 5.43. The first-order valence-corrected chi connectivity index (χ1v) is 8.52. The van der Waals surface area contributed by atoms with Gasteiger partial charge < -0.3 is 14.4 Å². The normalized spacial score (nSPS) is 28.2. The Morgan fingerprint density at radius 2 is 2.18 bits per heavy atom. The molecule has 1 saturated carbocycles. The maximum absolute atomic E-state index is 10.2. The topological polar surface area (TPSA) is 58.7 Å². The van der Waals surface area contributed by atoms with Gasteiger partial charge >= 0.3 is 0 Å². The standard InChI is InChI=1S/C17H28N2O3/c1-4-21-16-10-15(20)17(16)5-7-19(8-6-17)11-13-9-14(12(2)3)22-18-13/h9,12,15-16,20H,4-8,10-11H2,1-3H3/t15-,16+/m1/s1. The van der Waals surface area contributed by atoms with Gasteiger partial charge in [-0.3, -0.25) is 4.90 Å². The Labute approximate surface area is 132 Å². The lowest BCUT2D eigenvalue weighted by Gasteiger charge is -2.56. The summed E-state index contributed by atoms with van der Waals surface area (Å²) in [6.07, 6.45) is 2.87. The van der Waals surface area contributed by atoms with Crippen LogP contribution in [0.3, 0.4) is 0 Å². The predicted molar refractivity (Wildman–Crippen MR) is 83.6 cm³/mol. The quantitative estimate of drug-likeness (QED) is 0.906. The fourth-order valence-corrected chi connectivity index (χ4v) is 3.85. The molecule has 1 aromatic rings. The van der Waals surface area contributed by atoms with E-state index < -0.39 is 0 Å². The van der Waals surface area contributed by atoms with E-state index in [1.807, 2.05) is 6.92 Å². The Balaban J connectivity index is 1.55. The molecule has 22 heavy (non-hydrogen) atoms. The number of nitrogens with zero attached hydrogens (tertiary/aromatic N) is 2. The van der Waals surface area contributed by atoms with Crippen molar-refractivity contribution in [3.05, 3.63) is 17.5 Å². The molecule has 0 amide bonds. The number of hydrogen-bond acceptors (Lipinski definition) is 5. The van der Waals surface area contributed by atoms with Crippen LogP contribution in [0, 0.1) is 5.41 Å². The summed E-state index contributed by atoms with van der Waals surface area (Å²) in [5.74, 6) is 1.33. The second-order valence-corrected chi connectivity index (χ2v) is 7.08. The summed E-state index contributed by atoms with van der Waals surface area (Å²) in [6.45, 7) is 9.81. The lowest BCUT2D eigenvalue weighted by molar-refractivity contribution is -0.210. The van der Waals surface area contributed by atoms with Crippen LogP contribution in [0.25, 0.3) is 0 Å². The molecule has 124 valence electrons. The molecule has 1 aliphatic heterocycles. The van der Waals surface area contributed by atoms with Gasteiger partial charge in [0.15, 0.2) is 0 Å². The molecule has 2 heterocycles. The zero-order valence-corrected chi connectivity index (χ0v) is 13.9. The number of rotatable bonds is 5. The third kappa shape index (κ3) is 2.82. The lowest BCUT2D eigenvalue weighted by atomic mass is 9.58. The molecule has 0 unspecified atom stereocenters. The molecular weight excluding hydrogens is 280 g/mol. The van der Waals surface area contributed by atoms with Crippen molar-refractivity contribution < 1.29 is 14.4 Å². The zero-order chi connectivity index (χ0) is 15.7. The Morgan fingerprint density at radius 3 is 2.73 bits per heavy atom. The highest BCUT2D eigenvalue weighted by atomic mass is 16.5. The molecule has 1 saturated heterocycles. The van der Waals surface area contributed by atoms with E-state index in [9.17, 15) is 5.11 Å². The van der Waals surface area contributed by atoms with Crippen LogP contribution in [0.4, 0.5) is 0 Å². The Kier molecular flexibility index (Phi) is 4.57. The largest absolute Gasteiger partial charge is 0.392 e. The van der Waals surface area contributed by atoms with E-state index in [2.05, 4.69) is 30.0 Å². The van der Waals surface area contributed by atoms with Crippen LogP contribution in [-0.2, 0) is 11.3 Å². The van der Waals surface area contributed by atoms with Crippen LogP contribution in [-0.4, -0.2) is 47.1 Å².